The van der Waals surface area contributed by atoms with Crippen LogP contribution in [0.5, 0.6) is 0 Å². The van der Waals surface area contributed by atoms with Gasteiger partial charge in [0.1, 0.15) is 6.04 Å². The van der Waals surface area contributed by atoms with Gasteiger partial charge < -0.3 is 15.8 Å². The highest BCUT2D eigenvalue weighted by Crippen LogP contribution is 2.26. The van der Waals surface area contributed by atoms with Crippen LogP contribution < -0.4 is 11.1 Å². The van der Waals surface area contributed by atoms with Gasteiger partial charge in [-0.1, -0.05) is 32.1 Å². The van der Waals surface area contributed by atoms with E-state index in [9.17, 15) is 4.79 Å². The molecule has 0 radical (unpaired) electrons. The van der Waals surface area contributed by atoms with Gasteiger partial charge in [-0.3, -0.25) is 4.79 Å². The van der Waals surface area contributed by atoms with Gasteiger partial charge in [0, 0.05) is 13.7 Å². The van der Waals surface area contributed by atoms with Gasteiger partial charge in [0.05, 0.1) is 6.10 Å². The summed E-state index contributed by atoms with van der Waals surface area (Å²) in [5, 5.41) is 2.54. The molecule has 0 aliphatic heterocycles. The molecule has 0 saturated heterocycles. The normalized spacial score (nSPS) is 20.9. The summed E-state index contributed by atoms with van der Waals surface area (Å²) in [5.74, 6) is 0.655. The lowest BCUT2D eigenvalue weighted by Gasteiger charge is -2.23. The summed E-state index contributed by atoms with van der Waals surface area (Å²) in [7, 11) is 1.59. The van der Waals surface area contributed by atoms with Crippen LogP contribution in [-0.4, -0.2) is 31.7 Å². The van der Waals surface area contributed by atoms with Crippen LogP contribution in [0.2, 0.25) is 0 Å². The maximum atomic E-state index is 11.3. The molecule has 0 aromatic rings. The van der Waals surface area contributed by atoms with Crippen molar-refractivity contribution in [2.75, 3.05) is 13.7 Å². The molecule has 1 aliphatic rings. The molecule has 17 heavy (non-hydrogen) atoms. The van der Waals surface area contributed by atoms with Crippen LogP contribution >= 0.6 is 0 Å². The average molecular weight is 242 g/mol. The van der Waals surface area contributed by atoms with Crippen molar-refractivity contribution in [1.29, 1.82) is 0 Å². The van der Waals surface area contributed by atoms with Crippen LogP contribution in [0.25, 0.3) is 0 Å². The Morgan fingerprint density at radius 3 is 2.65 bits per heavy atom. The van der Waals surface area contributed by atoms with Gasteiger partial charge in [-0.05, 0) is 19.3 Å². The summed E-state index contributed by atoms with van der Waals surface area (Å²) < 4.78 is 5.64. The number of carbonyl (C=O) groups excluding carboxylic acids is 1. The van der Waals surface area contributed by atoms with E-state index < -0.39 is 6.04 Å². The zero-order chi connectivity index (χ0) is 12.7. The summed E-state index contributed by atoms with van der Waals surface area (Å²) in [6, 6.07) is -0.564. The molecule has 3 N–H and O–H groups in total. The predicted octanol–water partition coefficient (Wildman–Crippen LogP) is 1.44. The van der Waals surface area contributed by atoms with E-state index in [0.717, 1.165) is 18.9 Å². The molecular weight excluding hydrogens is 216 g/mol. The third-order valence-electron chi connectivity index (χ3n) is 3.69. The summed E-state index contributed by atoms with van der Waals surface area (Å²) >= 11 is 0. The van der Waals surface area contributed by atoms with E-state index in [-0.39, 0.29) is 12.0 Å². The van der Waals surface area contributed by atoms with Gasteiger partial charge in [0.25, 0.3) is 0 Å². The molecule has 0 aromatic heterocycles. The lowest BCUT2D eigenvalue weighted by Crippen LogP contribution is -2.47. The molecule has 0 aromatic carbocycles. The van der Waals surface area contributed by atoms with Crippen LogP contribution in [0.15, 0.2) is 0 Å². The lowest BCUT2D eigenvalue weighted by molar-refractivity contribution is -0.125. The Hall–Kier alpha value is -0.610. The SMILES string of the molecule is CNC(=O)[C@@H](N)[C@@H](C)OCCC1CCCCC1. The van der Waals surface area contributed by atoms with Gasteiger partial charge in [0.2, 0.25) is 5.91 Å². The van der Waals surface area contributed by atoms with Gasteiger partial charge in [0.15, 0.2) is 0 Å². The van der Waals surface area contributed by atoms with Crippen molar-refractivity contribution in [3.63, 3.8) is 0 Å². The van der Waals surface area contributed by atoms with Gasteiger partial charge >= 0.3 is 0 Å². The third-order valence-corrected chi connectivity index (χ3v) is 3.69. The summed E-state index contributed by atoms with van der Waals surface area (Å²) in [6.45, 7) is 2.58. The minimum absolute atomic E-state index is 0.157. The van der Waals surface area contributed by atoms with E-state index in [1.165, 1.54) is 32.1 Å². The van der Waals surface area contributed by atoms with Crippen LogP contribution in [0, 0.1) is 5.92 Å². The van der Waals surface area contributed by atoms with Gasteiger partial charge in [-0.15, -0.1) is 0 Å². The fraction of sp³-hybridized carbons (Fsp3) is 0.923. The van der Waals surface area contributed by atoms with Crippen LogP contribution in [0.1, 0.15) is 45.4 Å². The van der Waals surface area contributed by atoms with Crippen molar-refractivity contribution in [2.24, 2.45) is 11.7 Å². The van der Waals surface area contributed by atoms with Crippen molar-refractivity contribution < 1.29 is 9.53 Å². The molecule has 1 aliphatic carbocycles. The number of likely N-dealkylation sites (N-methyl/N-ethyl adjacent to an activating group) is 1. The second kappa shape index (κ2) is 7.67. The zero-order valence-electron chi connectivity index (χ0n) is 11.1. The Labute approximate surface area is 104 Å². The lowest BCUT2D eigenvalue weighted by atomic mass is 9.87. The molecule has 0 heterocycles. The predicted molar refractivity (Wildman–Crippen MR) is 68.6 cm³/mol. The van der Waals surface area contributed by atoms with Crippen molar-refractivity contribution in [3.8, 4) is 0 Å². The third kappa shape index (κ3) is 5.04. The second-order valence-corrected chi connectivity index (χ2v) is 5.01. The number of hydrogen-bond donors (Lipinski definition) is 2. The van der Waals surface area contributed by atoms with E-state index in [1.54, 1.807) is 7.05 Å². The minimum Gasteiger partial charge on any atom is -0.376 e. The monoisotopic (exact) mass is 242 g/mol. The maximum absolute atomic E-state index is 11.3. The Balaban J connectivity index is 2.14. The highest BCUT2D eigenvalue weighted by molar-refractivity contribution is 5.81. The molecule has 1 fully saturated rings. The Kier molecular flexibility index (Phi) is 6.52. The number of hydrogen-bond acceptors (Lipinski definition) is 3. The first kappa shape index (κ1) is 14.5. The molecule has 1 saturated carbocycles. The molecule has 0 spiro atoms. The Morgan fingerprint density at radius 1 is 1.41 bits per heavy atom. The summed E-state index contributed by atoms with van der Waals surface area (Å²) in [4.78, 5) is 11.3. The van der Waals surface area contributed by atoms with E-state index in [2.05, 4.69) is 5.32 Å². The molecular formula is C13H26N2O2. The maximum Gasteiger partial charge on any atom is 0.239 e. The first-order valence-electron chi connectivity index (χ1n) is 6.74. The Bertz CT molecular complexity index is 227. The number of rotatable bonds is 6. The Morgan fingerprint density at radius 2 is 2.06 bits per heavy atom. The summed E-state index contributed by atoms with van der Waals surface area (Å²) in [6.07, 6.45) is 7.66. The summed E-state index contributed by atoms with van der Waals surface area (Å²) in [5.41, 5.74) is 5.75. The number of ether oxygens (including phenoxy) is 1. The molecule has 0 unspecified atom stereocenters. The van der Waals surface area contributed by atoms with E-state index in [4.69, 9.17) is 10.5 Å². The molecule has 4 heteroatoms. The molecule has 4 nitrogen and oxygen atoms in total. The first-order chi connectivity index (χ1) is 8.15. The number of nitrogens with two attached hydrogens (primary N) is 1. The smallest absolute Gasteiger partial charge is 0.239 e. The van der Waals surface area contributed by atoms with Crippen molar-refractivity contribution in [2.45, 2.75) is 57.6 Å². The highest BCUT2D eigenvalue weighted by Gasteiger charge is 2.21. The van der Waals surface area contributed by atoms with Gasteiger partial charge in [-0.25, -0.2) is 0 Å². The van der Waals surface area contributed by atoms with E-state index in [1.807, 2.05) is 6.92 Å². The quantitative estimate of drug-likeness (QED) is 0.740. The second-order valence-electron chi connectivity index (χ2n) is 5.01. The molecule has 0 bridgehead atoms. The zero-order valence-corrected chi connectivity index (χ0v) is 11.1. The number of amides is 1. The highest BCUT2D eigenvalue weighted by atomic mass is 16.5. The topological polar surface area (TPSA) is 64.4 Å². The molecule has 2 atom stereocenters. The van der Waals surface area contributed by atoms with Crippen molar-refractivity contribution in [3.05, 3.63) is 0 Å². The minimum atomic E-state index is -0.564. The van der Waals surface area contributed by atoms with Crippen LogP contribution in [0.4, 0.5) is 0 Å². The molecule has 1 rings (SSSR count). The van der Waals surface area contributed by atoms with E-state index in [0.29, 0.717) is 0 Å². The van der Waals surface area contributed by atoms with E-state index >= 15 is 0 Å². The van der Waals surface area contributed by atoms with Crippen molar-refractivity contribution >= 4 is 5.91 Å². The van der Waals surface area contributed by atoms with Crippen LogP contribution in [0.3, 0.4) is 0 Å². The fourth-order valence-corrected chi connectivity index (χ4v) is 2.38. The van der Waals surface area contributed by atoms with Crippen LogP contribution in [-0.2, 0) is 9.53 Å². The number of nitrogens with one attached hydrogen (secondary N) is 1. The molecule has 1 amide bonds. The standard InChI is InChI=1S/C13H26N2O2/c1-10(12(14)13(16)15-2)17-9-8-11-6-4-3-5-7-11/h10-12H,3-9,14H2,1-2H3,(H,15,16)/t10-,12+/m1/s1. The fourth-order valence-electron chi connectivity index (χ4n) is 2.38. The average Bonchev–Trinajstić information content (AvgIpc) is 2.38. The first-order valence-corrected chi connectivity index (χ1v) is 6.74. The number of carbonyl (C=O) groups is 1. The van der Waals surface area contributed by atoms with Gasteiger partial charge in [-0.2, -0.15) is 0 Å². The molecule has 100 valence electrons. The van der Waals surface area contributed by atoms with Crippen molar-refractivity contribution in [1.82, 2.24) is 5.32 Å². The largest absolute Gasteiger partial charge is 0.376 e.